The minimum Gasteiger partial charge on any atom is -0.497 e. The van der Waals surface area contributed by atoms with Crippen LogP contribution in [-0.2, 0) is 0 Å². The van der Waals surface area contributed by atoms with Crippen LogP contribution in [0.3, 0.4) is 0 Å². The van der Waals surface area contributed by atoms with Gasteiger partial charge < -0.3 is 14.5 Å². The third-order valence-corrected chi connectivity index (χ3v) is 3.28. The minimum atomic E-state index is -0.548. The number of nitrogens with zero attached hydrogens (tertiary/aromatic N) is 1. The van der Waals surface area contributed by atoms with Crippen molar-refractivity contribution in [2.75, 3.05) is 7.11 Å². The van der Waals surface area contributed by atoms with Crippen molar-refractivity contribution in [3.8, 4) is 17.2 Å². The van der Waals surface area contributed by atoms with Gasteiger partial charge in [0.25, 0.3) is 11.2 Å². The highest BCUT2D eigenvalue weighted by atomic mass is 16.6. The minimum absolute atomic E-state index is 0.128. The Morgan fingerprint density at radius 2 is 1.83 bits per heavy atom. The predicted octanol–water partition coefficient (Wildman–Crippen LogP) is 3.24. The summed E-state index contributed by atoms with van der Waals surface area (Å²) in [6.45, 7) is 0. The molecule has 0 aliphatic rings. The standard InChI is InChI=1S/C16H12N2O5/c1-22-10-4-2-5-11(8-10)23-14-9-15(19)17-16-12(14)6-3-7-13(16)18(20)21/h2-9H,1H3,(H,17,19). The molecule has 0 unspecified atom stereocenters. The number of methoxy groups -OCH3 is 1. The quantitative estimate of drug-likeness (QED) is 0.589. The number of aromatic nitrogens is 1. The van der Waals surface area contributed by atoms with E-state index in [9.17, 15) is 14.9 Å². The van der Waals surface area contributed by atoms with Gasteiger partial charge in [-0.25, -0.2) is 0 Å². The molecule has 0 amide bonds. The summed E-state index contributed by atoms with van der Waals surface area (Å²) in [6.07, 6.45) is 0. The van der Waals surface area contributed by atoms with Gasteiger partial charge in [0.2, 0.25) is 0 Å². The van der Waals surface area contributed by atoms with Gasteiger partial charge in [0.1, 0.15) is 22.8 Å². The summed E-state index contributed by atoms with van der Waals surface area (Å²) in [5.74, 6) is 1.30. The normalized spacial score (nSPS) is 10.5. The third-order valence-electron chi connectivity index (χ3n) is 3.28. The highest BCUT2D eigenvalue weighted by Gasteiger charge is 2.16. The van der Waals surface area contributed by atoms with Crippen LogP contribution in [-0.4, -0.2) is 17.0 Å². The molecule has 3 aromatic rings. The van der Waals surface area contributed by atoms with Crippen molar-refractivity contribution in [2.24, 2.45) is 0 Å². The number of H-pyrrole nitrogens is 1. The molecule has 7 nitrogen and oxygen atoms in total. The van der Waals surface area contributed by atoms with E-state index in [0.29, 0.717) is 16.9 Å². The molecule has 0 saturated heterocycles. The molecule has 0 fully saturated rings. The summed E-state index contributed by atoms with van der Waals surface area (Å²) < 4.78 is 10.8. The smallest absolute Gasteiger partial charge is 0.293 e. The number of hydrogen-bond donors (Lipinski definition) is 1. The van der Waals surface area contributed by atoms with Crippen LogP contribution in [0.5, 0.6) is 17.2 Å². The fraction of sp³-hybridized carbons (Fsp3) is 0.0625. The lowest BCUT2D eigenvalue weighted by Gasteiger charge is -2.09. The van der Waals surface area contributed by atoms with Gasteiger partial charge in [-0.1, -0.05) is 12.1 Å². The fourth-order valence-corrected chi connectivity index (χ4v) is 2.26. The number of pyridine rings is 1. The number of nitrogens with one attached hydrogen (secondary N) is 1. The monoisotopic (exact) mass is 312 g/mol. The summed E-state index contributed by atoms with van der Waals surface area (Å²) in [6, 6.07) is 12.6. The maximum atomic E-state index is 11.8. The van der Waals surface area contributed by atoms with Crippen LogP contribution < -0.4 is 15.0 Å². The van der Waals surface area contributed by atoms with Crippen molar-refractivity contribution in [3.05, 3.63) is 69.0 Å². The Morgan fingerprint density at radius 3 is 2.57 bits per heavy atom. The first kappa shape index (κ1) is 14.6. The van der Waals surface area contributed by atoms with Crippen molar-refractivity contribution in [3.63, 3.8) is 0 Å². The zero-order chi connectivity index (χ0) is 16.4. The molecule has 0 saturated carbocycles. The second-order valence-electron chi connectivity index (χ2n) is 4.74. The van der Waals surface area contributed by atoms with Crippen LogP contribution in [0.2, 0.25) is 0 Å². The fourth-order valence-electron chi connectivity index (χ4n) is 2.26. The number of fused-ring (bicyclic) bond motifs is 1. The average molecular weight is 312 g/mol. The largest absolute Gasteiger partial charge is 0.497 e. The number of para-hydroxylation sites is 1. The third kappa shape index (κ3) is 2.84. The molecule has 116 valence electrons. The van der Waals surface area contributed by atoms with Crippen molar-refractivity contribution in [2.45, 2.75) is 0 Å². The molecule has 1 aromatic heterocycles. The van der Waals surface area contributed by atoms with E-state index in [2.05, 4.69) is 4.98 Å². The summed E-state index contributed by atoms with van der Waals surface area (Å²) in [7, 11) is 1.53. The molecule has 0 bridgehead atoms. The van der Waals surface area contributed by atoms with E-state index in [0.717, 1.165) is 0 Å². The zero-order valence-corrected chi connectivity index (χ0v) is 12.1. The van der Waals surface area contributed by atoms with Gasteiger partial charge in [-0.2, -0.15) is 0 Å². The molecule has 2 aromatic carbocycles. The lowest BCUT2D eigenvalue weighted by Crippen LogP contribution is -2.06. The predicted molar refractivity (Wildman–Crippen MR) is 84.3 cm³/mol. The Morgan fingerprint density at radius 1 is 1.09 bits per heavy atom. The van der Waals surface area contributed by atoms with E-state index < -0.39 is 10.5 Å². The molecular formula is C16H12N2O5. The van der Waals surface area contributed by atoms with Gasteiger partial charge in [0, 0.05) is 23.6 Å². The molecule has 0 spiro atoms. The Balaban J connectivity index is 2.15. The molecule has 7 heteroatoms. The number of ether oxygens (including phenoxy) is 2. The van der Waals surface area contributed by atoms with Gasteiger partial charge in [-0.05, 0) is 18.2 Å². The number of rotatable bonds is 4. The Hall–Kier alpha value is -3.35. The van der Waals surface area contributed by atoms with E-state index >= 15 is 0 Å². The van der Waals surface area contributed by atoms with Gasteiger partial charge in [0.05, 0.1) is 12.0 Å². The molecule has 3 rings (SSSR count). The number of non-ortho nitro benzene ring substituents is 1. The van der Waals surface area contributed by atoms with Crippen LogP contribution in [0.25, 0.3) is 10.9 Å². The number of benzene rings is 2. The topological polar surface area (TPSA) is 94.5 Å². The Bertz CT molecular complexity index is 949. The zero-order valence-electron chi connectivity index (χ0n) is 12.1. The summed E-state index contributed by atoms with van der Waals surface area (Å²) in [4.78, 5) is 24.9. The summed E-state index contributed by atoms with van der Waals surface area (Å²) >= 11 is 0. The van der Waals surface area contributed by atoms with Gasteiger partial charge >= 0.3 is 0 Å². The van der Waals surface area contributed by atoms with Crippen LogP contribution in [0, 0.1) is 10.1 Å². The Kier molecular flexibility index (Phi) is 3.68. The SMILES string of the molecule is COc1cccc(Oc2cc(=O)[nH]c3c([N+](=O)[O-])cccc23)c1. The summed E-state index contributed by atoms with van der Waals surface area (Å²) in [5, 5.41) is 11.6. The lowest BCUT2D eigenvalue weighted by molar-refractivity contribution is -0.383. The van der Waals surface area contributed by atoms with Crippen molar-refractivity contribution < 1.29 is 14.4 Å². The molecule has 0 atom stereocenters. The van der Waals surface area contributed by atoms with Crippen LogP contribution >= 0.6 is 0 Å². The highest BCUT2D eigenvalue weighted by Crippen LogP contribution is 2.32. The first-order chi connectivity index (χ1) is 11.1. The second kappa shape index (κ2) is 5.80. The van der Waals surface area contributed by atoms with Gasteiger partial charge in [-0.15, -0.1) is 0 Å². The van der Waals surface area contributed by atoms with Crippen molar-refractivity contribution in [1.82, 2.24) is 4.98 Å². The summed E-state index contributed by atoms with van der Waals surface area (Å²) in [5.41, 5.74) is -0.539. The van der Waals surface area contributed by atoms with Crippen LogP contribution in [0.15, 0.2) is 53.3 Å². The maximum absolute atomic E-state index is 11.8. The molecular weight excluding hydrogens is 300 g/mol. The number of nitro benzene ring substituents is 1. The molecule has 23 heavy (non-hydrogen) atoms. The first-order valence-corrected chi connectivity index (χ1v) is 6.71. The number of hydrogen-bond acceptors (Lipinski definition) is 5. The second-order valence-corrected chi connectivity index (χ2v) is 4.74. The molecule has 1 heterocycles. The van der Waals surface area contributed by atoms with Crippen LogP contribution in [0.4, 0.5) is 5.69 Å². The van der Waals surface area contributed by atoms with Gasteiger partial charge in [-0.3, -0.25) is 14.9 Å². The van der Waals surface area contributed by atoms with Crippen molar-refractivity contribution in [1.29, 1.82) is 0 Å². The first-order valence-electron chi connectivity index (χ1n) is 6.71. The lowest BCUT2D eigenvalue weighted by atomic mass is 10.2. The molecule has 1 N–H and O–H groups in total. The van der Waals surface area contributed by atoms with E-state index in [-0.39, 0.29) is 17.0 Å². The molecule has 0 aliphatic carbocycles. The van der Waals surface area contributed by atoms with E-state index in [1.54, 1.807) is 30.3 Å². The van der Waals surface area contributed by atoms with Crippen LogP contribution in [0.1, 0.15) is 0 Å². The van der Waals surface area contributed by atoms with Crippen molar-refractivity contribution >= 4 is 16.6 Å². The van der Waals surface area contributed by atoms with E-state index in [4.69, 9.17) is 9.47 Å². The van der Waals surface area contributed by atoms with E-state index in [1.165, 1.54) is 25.3 Å². The average Bonchev–Trinajstić information content (AvgIpc) is 2.54. The molecule has 0 radical (unpaired) electrons. The van der Waals surface area contributed by atoms with Gasteiger partial charge in [0.15, 0.2) is 0 Å². The molecule has 0 aliphatic heterocycles. The maximum Gasteiger partial charge on any atom is 0.293 e. The van der Waals surface area contributed by atoms with E-state index in [1.807, 2.05) is 0 Å². The number of aromatic amines is 1. The highest BCUT2D eigenvalue weighted by molar-refractivity contribution is 5.91. The Labute approximate surface area is 130 Å². The number of nitro groups is 1.